The van der Waals surface area contributed by atoms with E-state index in [9.17, 15) is 0 Å². The first-order valence-electron chi connectivity index (χ1n) is 3.16. The van der Waals surface area contributed by atoms with E-state index in [2.05, 4.69) is 11.6 Å². The van der Waals surface area contributed by atoms with E-state index in [1.165, 1.54) is 0 Å². The van der Waals surface area contributed by atoms with Crippen LogP contribution in [0.15, 0.2) is 28.9 Å². The minimum Gasteiger partial charge on any atom is -0.392 e. The second-order valence-corrected chi connectivity index (χ2v) is 2.00. The van der Waals surface area contributed by atoms with Crippen LogP contribution in [0, 0.1) is 0 Å². The van der Waals surface area contributed by atoms with Crippen LogP contribution >= 0.6 is 0 Å². The summed E-state index contributed by atoms with van der Waals surface area (Å²) in [6.45, 7) is 7.33. The summed E-state index contributed by atoms with van der Waals surface area (Å²) in [6.07, 6.45) is 3.45. The van der Waals surface area contributed by atoms with E-state index in [4.69, 9.17) is 5.11 Å². The lowest BCUT2D eigenvalue weighted by atomic mass is 10.3. The van der Waals surface area contributed by atoms with Gasteiger partial charge in [-0.2, -0.15) is 0 Å². The molecule has 0 rings (SSSR count). The number of allylic oxidation sites excluding steroid dienone is 2. The molecule has 0 aliphatic carbocycles. The number of hydrogen-bond donors (Lipinski definition) is 1. The monoisotopic (exact) mass is 139 g/mol. The van der Waals surface area contributed by atoms with Gasteiger partial charge in [0.2, 0.25) is 0 Å². The number of aliphatic hydroxyl groups is 1. The van der Waals surface area contributed by atoms with Gasteiger partial charge < -0.3 is 5.11 Å². The molecule has 0 aromatic rings. The van der Waals surface area contributed by atoms with E-state index in [-0.39, 0.29) is 6.61 Å². The third kappa shape index (κ3) is 4.04. The largest absolute Gasteiger partial charge is 0.392 e. The Bertz CT molecular complexity index is 168. The molecule has 0 aromatic heterocycles. The zero-order valence-electron chi connectivity index (χ0n) is 6.46. The van der Waals surface area contributed by atoms with Crippen molar-refractivity contribution in [2.24, 2.45) is 4.99 Å². The number of hydrogen-bond acceptors (Lipinski definition) is 2. The molecule has 0 saturated heterocycles. The predicted molar refractivity (Wildman–Crippen MR) is 44.1 cm³/mol. The summed E-state index contributed by atoms with van der Waals surface area (Å²) in [5, 5.41) is 8.51. The van der Waals surface area contributed by atoms with Gasteiger partial charge in [-0.3, -0.25) is 4.99 Å². The molecule has 1 N–H and O–H groups in total. The fourth-order valence-electron chi connectivity index (χ4n) is 0.308. The quantitative estimate of drug-likeness (QED) is 0.591. The van der Waals surface area contributed by atoms with Gasteiger partial charge in [-0.05, 0) is 19.4 Å². The van der Waals surface area contributed by atoms with E-state index in [1.54, 1.807) is 6.21 Å². The first-order valence-corrected chi connectivity index (χ1v) is 3.16. The van der Waals surface area contributed by atoms with Gasteiger partial charge >= 0.3 is 0 Å². The molecule has 0 aliphatic rings. The Morgan fingerprint density at radius 3 is 2.70 bits per heavy atom. The first-order chi connectivity index (χ1) is 4.70. The Hall–Kier alpha value is -0.890. The molecule has 0 saturated carbocycles. The lowest BCUT2D eigenvalue weighted by Crippen LogP contribution is -1.88. The summed E-state index contributed by atoms with van der Waals surface area (Å²) in [4.78, 5) is 3.99. The van der Waals surface area contributed by atoms with Crippen LogP contribution in [0.25, 0.3) is 0 Å². The number of aliphatic imine (C=N–C) groups is 1. The van der Waals surface area contributed by atoms with Crippen molar-refractivity contribution in [1.29, 1.82) is 0 Å². The van der Waals surface area contributed by atoms with Crippen molar-refractivity contribution >= 4 is 6.21 Å². The Morgan fingerprint density at radius 1 is 1.70 bits per heavy atom. The molecule has 2 nitrogen and oxygen atoms in total. The molecular formula is C8H13NO. The molecule has 0 unspecified atom stereocenters. The molecule has 0 spiro atoms. The van der Waals surface area contributed by atoms with Crippen molar-refractivity contribution in [2.45, 2.75) is 13.8 Å². The highest BCUT2D eigenvalue weighted by molar-refractivity contribution is 5.78. The zero-order valence-corrected chi connectivity index (χ0v) is 6.46. The number of nitrogens with zero attached hydrogens (tertiary/aromatic N) is 1. The summed E-state index contributed by atoms with van der Waals surface area (Å²) in [6, 6.07) is 0. The van der Waals surface area contributed by atoms with Crippen molar-refractivity contribution in [2.75, 3.05) is 6.61 Å². The molecule has 0 aromatic carbocycles. The second-order valence-electron chi connectivity index (χ2n) is 2.00. The van der Waals surface area contributed by atoms with Gasteiger partial charge in [0.05, 0.1) is 6.61 Å². The highest BCUT2D eigenvalue weighted by Crippen LogP contribution is 1.93. The second kappa shape index (κ2) is 4.94. The molecular weight excluding hydrogens is 126 g/mol. The topological polar surface area (TPSA) is 32.6 Å². The van der Waals surface area contributed by atoms with Crippen LogP contribution in [0.5, 0.6) is 0 Å². The molecule has 56 valence electrons. The lowest BCUT2D eigenvalue weighted by Gasteiger charge is -1.90. The minimum absolute atomic E-state index is 0.0273. The van der Waals surface area contributed by atoms with E-state index < -0.39 is 0 Å². The van der Waals surface area contributed by atoms with Crippen molar-refractivity contribution in [3.05, 3.63) is 23.9 Å². The highest BCUT2D eigenvalue weighted by Gasteiger charge is 1.82. The van der Waals surface area contributed by atoms with Crippen LogP contribution in [-0.4, -0.2) is 17.9 Å². The molecule has 0 fully saturated rings. The maximum atomic E-state index is 8.51. The maximum absolute atomic E-state index is 8.51. The van der Waals surface area contributed by atoms with Crippen LogP contribution in [0.4, 0.5) is 0 Å². The predicted octanol–water partition coefficient (Wildman–Crippen LogP) is 1.53. The molecule has 0 atom stereocenters. The van der Waals surface area contributed by atoms with E-state index in [1.807, 2.05) is 19.9 Å². The zero-order chi connectivity index (χ0) is 7.98. The molecule has 10 heavy (non-hydrogen) atoms. The average molecular weight is 139 g/mol. The average Bonchev–Trinajstić information content (AvgIpc) is 1.99. The van der Waals surface area contributed by atoms with Gasteiger partial charge in [-0.15, -0.1) is 0 Å². The molecule has 0 amide bonds. The molecule has 2 heteroatoms. The first kappa shape index (κ1) is 9.11. The third-order valence-electron chi connectivity index (χ3n) is 1.07. The molecule has 0 heterocycles. The highest BCUT2D eigenvalue weighted by atomic mass is 16.3. The summed E-state index contributed by atoms with van der Waals surface area (Å²) in [5.41, 5.74) is 1.55. The molecule has 0 bridgehead atoms. The summed E-state index contributed by atoms with van der Waals surface area (Å²) >= 11 is 0. The Kier molecular flexibility index (Phi) is 4.50. The standard InChI is InChI=1S/C8H13NO/c1-4-8(3)9-5-7(2)6-10/h4-5,10H,2,6H2,1,3H3/b8-4-,9-5?. The van der Waals surface area contributed by atoms with Crippen LogP contribution in [-0.2, 0) is 0 Å². The van der Waals surface area contributed by atoms with Crippen LogP contribution in [0.1, 0.15) is 13.8 Å². The van der Waals surface area contributed by atoms with Gasteiger partial charge in [0.15, 0.2) is 0 Å². The molecule has 0 aliphatic heterocycles. The number of aliphatic hydroxyl groups excluding tert-OH is 1. The van der Waals surface area contributed by atoms with Gasteiger partial charge in [0.25, 0.3) is 0 Å². The fraction of sp³-hybridized carbons (Fsp3) is 0.375. The third-order valence-corrected chi connectivity index (χ3v) is 1.07. The summed E-state index contributed by atoms with van der Waals surface area (Å²) < 4.78 is 0. The van der Waals surface area contributed by atoms with Gasteiger partial charge in [0, 0.05) is 11.9 Å². The SMILES string of the molecule is C=C(C=N/C(C)=C\C)CO. The van der Waals surface area contributed by atoms with Crippen LogP contribution in [0.2, 0.25) is 0 Å². The van der Waals surface area contributed by atoms with Crippen molar-refractivity contribution in [3.63, 3.8) is 0 Å². The van der Waals surface area contributed by atoms with Gasteiger partial charge in [0.1, 0.15) is 0 Å². The fourth-order valence-corrected chi connectivity index (χ4v) is 0.308. The van der Waals surface area contributed by atoms with Crippen molar-refractivity contribution < 1.29 is 5.11 Å². The summed E-state index contributed by atoms with van der Waals surface area (Å²) in [7, 11) is 0. The normalized spacial score (nSPS) is 12.5. The van der Waals surface area contributed by atoms with Gasteiger partial charge in [-0.25, -0.2) is 0 Å². The van der Waals surface area contributed by atoms with Gasteiger partial charge in [-0.1, -0.05) is 12.7 Å². The van der Waals surface area contributed by atoms with Crippen molar-refractivity contribution in [1.82, 2.24) is 0 Å². The number of rotatable bonds is 3. The maximum Gasteiger partial charge on any atom is 0.0691 e. The van der Waals surface area contributed by atoms with Crippen LogP contribution in [0.3, 0.4) is 0 Å². The van der Waals surface area contributed by atoms with Crippen LogP contribution < -0.4 is 0 Å². The molecule has 0 radical (unpaired) electrons. The van der Waals surface area contributed by atoms with E-state index >= 15 is 0 Å². The Labute approximate surface area is 61.6 Å². The minimum atomic E-state index is -0.0273. The summed E-state index contributed by atoms with van der Waals surface area (Å²) in [5.74, 6) is 0. The van der Waals surface area contributed by atoms with Crippen molar-refractivity contribution in [3.8, 4) is 0 Å². The lowest BCUT2D eigenvalue weighted by molar-refractivity contribution is 0.338. The van der Waals surface area contributed by atoms with E-state index in [0.717, 1.165) is 5.70 Å². The Morgan fingerprint density at radius 2 is 2.30 bits per heavy atom. The smallest absolute Gasteiger partial charge is 0.0691 e. The Balaban J connectivity index is 3.88. The van der Waals surface area contributed by atoms with E-state index in [0.29, 0.717) is 5.57 Å².